The molecule has 3 aromatic rings. The van der Waals surface area contributed by atoms with Crippen molar-refractivity contribution in [2.75, 3.05) is 6.54 Å². The zero-order chi connectivity index (χ0) is 18.4. The number of fused-ring (bicyclic) bond motifs is 4. The number of rotatable bonds is 3. The number of nitrogens with one attached hydrogen (secondary N) is 1. The smallest absolute Gasteiger partial charge is 0.254 e. The number of ketones is 2. The Kier molecular flexibility index (Phi) is 3.72. The average molecular weight is 346 g/mol. The molecular formula is C21H18N2O3. The van der Waals surface area contributed by atoms with E-state index in [9.17, 15) is 14.4 Å². The summed E-state index contributed by atoms with van der Waals surface area (Å²) in [6.07, 6.45) is 1.71. The van der Waals surface area contributed by atoms with E-state index in [1.54, 1.807) is 53.1 Å². The summed E-state index contributed by atoms with van der Waals surface area (Å²) < 4.78 is 1.65. The van der Waals surface area contributed by atoms with Crippen LogP contribution < -0.4 is 5.32 Å². The summed E-state index contributed by atoms with van der Waals surface area (Å²) in [6.45, 7) is 4.49. The number of carbonyl (C=O) groups is 3. The molecule has 1 amide bonds. The maximum absolute atomic E-state index is 13.1. The first kappa shape index (κ1) is 16.3. The Hall–Kier alpha value is -3.21. The van der Waals surface area contributed by atoms with Gasteiger partial charge >= 0.3 is 0 Å². The van der Waals surface area contributed by atoms with Crippen molar-refractivity contribution in [1.29, 1.82) is 0 Å². The lowest BCUT2D eigenvalue weighted by Crippen LogP contribution is -2.29. The molecule has 5 heteroatoms. The van der Waals surface area contributed by atoms with Crippen LogP contribution in [0, 0.1) is 5.92 Å². The highest BCUT2D eigenvalue weighted by atomic mass is 16.2. The molecule has 0 radical (unpaired) electrons. The molecule has 4 rings (SSSR count). The summed E-state index contributed by atoms with van der Waals surface area (Å²) in [5.74, 6) is -0.571. The minimum atomic E-state index is -0.329. The molecule has 2 heterocycles. The minimum Gasteiger partial charge on any atom is -0.352 e. The van der Waals surface area contributed by atoms with Gasteiger partial charge in [-0.15, -0.1) is 0 Å². The van der Waals surface area contributed by atoms with Crippen molar-refractivity contribution in [2.45, 2.75) is 13.8 Å². The second-order valence-electron chi connectivity index (χ2n) is 6.86. The fourth-order valence-electron chi connectivity index (χ4n) is 3.41. The van der Waals surface area contributed by atoms with Crippen LogP contribution in [0.15, 0.2) is 48.7 Å². The Morgan fingerprint density at radius 2 is 1.65 bits per heavy atom. The van der Waals surface area contributed by atoms with Gasteiger partial charge in [-0.05, 0) is 18.1 Å². The SMILES string of the molecule is CC(C)CNC(=O)c1c2c(n3ccccc13)C(=O)c1ccccc1C2=O. The molecule has 0 aliphatic heterocycles. The summed E-state index contributed by atoms with van der Waals surface area (Å²) in [4.78, 5) is 39.1. The van der Waals surface area contributed by atoms with Gasteiger partial charge in [-0.1, -0.05) is 44.2 Å². The number of carbonyl (C=O) groups excluding carboxylic acids is 3. The van der Waals surface area contributed by atoms with Gasteiger partial charge in [0.1, 0.15) is 5.69 Å². The van der Waals surface area contributed by atoms with Crippen LogP contribution in [0.25, 0.3) is 5.52 Å². The van der Waals surface area contributed by atoms with Crippen LogP contribution in [0.3, 0.4) is 0 Å². The summed E-state index contributed by atoms with van der Waals surface area (Å²) in [5.41, 5.74) is 2.02. The first-order chi connectivity index (χ1) is 12.5. The van der Waals surface area contributed by atoms with Gasteiger partial charge in [0.05, 0.1) is 16.6 Å². The monoisotopic (exact) mass is 346 g/mol. The number of hydrogen-bond donors (Lipinski definition) is 1. The van der Waals surface area contributed by atoms with Gasteiger partial charge in [0.25, 0.3) is 5.91 Å². The van der Waals surface area contributed by atoms with Crippen molar-refractivity contribution in [3.63, 3.8) is 0 Å². The molecule has 0 atom stereocenters. The molecule has 0 saturated carbocycles. The summed E-state index contributed by atoms with van der Waals surface area (Å²) in [7, 11) is 0. The maximum atomic E-state index is 13.1. The highest BCUT2D eigenvalue weighted by Gasteiger charge is 2.37. The number of aromatic nitrogens is 1. The molecule has 0 fully saturated rings. The van der Waals surface area contributed by atoms with Crippen LogP contribution in [0.1, 0.15) is 56.2 Å². The van der Waals surface area contributed by atoms with Crippen LogP contribution in [-0.4, -0.2) is 28.4 Å². The number of amides is 1. The van der Waals surface area contributed by atoms with Gasteiger partial charge < -0.3 is 9.72 Å². The zero-order valence-corrected chi connectivity index (χ0v) is 14.6. The molecule has 1 aliphatic carbocycles. The summed E-state index contributed by atoms with van der Waals surface area (Å²) >= 11 is 0. The standard InChI is InChI=1S/C21H18N2O3/c1-12(2)11-22-21(26)16-15-9-5-6-10-23(15)18-17(16)19(24)13-7-3-4-8-14(13)20(18)25/h3-10,12H,11H2,1-2H3,(H,22,26). The second-order valence-corrected chi connectivity index (χ2v) is 6.86. The lowest BCUT2D eigenvalue weighted by atomic mass is 9.86. The van der Waals surface area contributed by atoms with E-state index in [1.807, 2.05) is 13.8 Å². The third-order valence-corrected chi connectivity index (χ3v) is 4.60. The zero-order valence-electron chi connectivity index (χ0n) is 14.6. The fourth-order valence-corrected chi connectivity index (χ4v) is 3.41. The third-order valence-electron chi connectivity index (χ3n) is 4.60. The Morgan fingerprint density at radius 3 is 2.35 bits per heavy atom. The summed E-state index contributed by atoms with van der Waals surface area (Å²) in [5, 5.41) is 2.87. The Bertz CT molecular complexity index is 1080. The van der Waals surface area contributed by atoms with E-state index < -0.39 is 0 Å². The van der Waals surface area contributed by atoms with Crippen molar-refractivity contribution >= 4 is 23.0 Å². The molecule has 2 aromatic heterocycles. The van der Waals surface area contributed by atoms with E-state index in [4.69, 9.17) is 0 Å². The van der Waals surface area contributed by atoms with Crippen molar-refractivity contribution in [1.82, 2.24) is 9.72 Å². The van der Waals surface area contributed by atoms with Gasteiger partial charge in [0, 0.05) is 23.9 Å². The molecule has 5 nitrogen and oxygen atoms in total. The maximum Gasteiger partial charge on any atom is 0.254 e. The molecule has 26 heavy (non-hydrogen) atoms. The van der Waals surface area contributed by atoms with Crippen molar-refractivity contribution < 1.29 is 14.4 Å². The number of hydrogen-bond acceptors (Lipinski definition) is 3. The molecule has 0 spiro atoms. The Morgan fingerprint density at radius 1 is 1.00 bits per heavy atom. The molecule has 1 aromatic carbocycles. The molecule has 1 aliphatic rings. The van der Waals surface area contributed by atoms with E-state index in [-0.39, 0.29) is 40.2 Å². The minimum absolute atomic E-state index is 0.196. The van der Waals surface area contributed by atoms with Crippen molar-refractivity contribution in [3.8, 4) is 0 Å². The molecule has 0 bridgehead atoms. The van der Waals surface area contributed by atoms with Crippen LogP contribution in [-0.2, 0) is 0 Å². The highest BCUT2D eigenvalue weighted by molar-refractivity contribution is 6.32. The van der Waals surface area contributed by atoms with Gasteiger partial charge in [0.2, 0.25) is 5.78 Å². The topological polar surface area (TPSA) is 67.7 Å². The van der Waals surface area contributed by atoms with Gasteiger partial charge in [-0.25, -0.2) is 0 Å². The third kappa shape index (κ3) is 2.28. The van der Waals surface area contributed by atoms with E-state index >= 15 is 0 Å². The normalized spacial score (nSPS) is 13.0. The quantitative estimate of drug-likeness (QED) is 0.620. The lowest BCUT2D eigenvalue weighted by Gasteiger charge is -2.15. The molecule has 0 saturated heterocycles. The predicted octanol–water partition coefficient (Wildman–Crippen LogP) is 3.10. The average Bonchev–Trinajstić information content (AvgIpc) is 3.00. The van der Waals surface area contributed by atoms with E-state index in [2.05, 4.69) is 5.32 Å². The van der Waals surface area contributed by atoms with E-state index in [0.29, 0.717) is 23.2 Å². The molecule has 0 unspecified atom stereocenters. The Labute approximate surface area is 150 Å². The number of pyridine rings is 1. The van der Waals surface area contributed by atoms with Crippen LogP contribution in [0.5, 0.6) is 0 Å². The van der Waals surface area contributed by atoms with Crippen molar-refractivity contribution in [2.24, 2.45) is 5.92 Å². The fraction of sp³-hybridized carbons (Fsp3) is 0.190. The first-order valence-corrected chi connectivity index (χ1v) is 8.60. The van der Waals surface area contributed by atoms with Crippen molar-refractivity contribution in [3.05, 3.63) is 76.6 Å². The van der Waals surface area contributed by atoms with Gasteiger partial charge in [-0.2, -0.15) is 0 Å². The predicted molar refractivity (Wildman–Crippen MR) is 97.9 cm³/mol. The van der Waals surface area contributed by atoms with Crippen LogP contribution in [0.2, 0.25) is 0 Å². The second kappa shape index (κ2) is 5.95. The van der Waals surface area contributed by atoms with Gasteiger partial charge in [0.15, 0.2) is 5.78 Å². The highest BCUT2D eigenvalue weighted by Crippen LogP contribution is 2.33. The van der Waals surface area contributed by atoms with Crippen LogP contribution >= 0.6 is 0 Å². The summed E-state index contributed by atoms with van der Waals surface area (Å²) in [6, 6.07) is 12.1. The molecule has 1 N–H and O–H groups in total. The molecular weight excluding hydrogens is 328 g/mol. The Balaban J connectivity index is 1.99. The number of benzene rings is 1. The number of nitrogens with zero attached hydrogens (tertiary/aromatic N) is 1. The van der Waals surface area contributed by atoms with Gasteiger partial charge in [-0.3, -0.25) is 14.4 Å². The molecule has 130 valence electrons. The first-order valence-electron chi connectivity index (χ1n) is 8.60. The lowest BCUT2D eigenvalue weighted by molar-refractivity contribution is 0.0937. The van der Waals surface area contributed by atoms with E-state index in [1.165, 1.54) is 0 Å². The van der Waals surface area contributed by atoms with Crippen LogP contribution in [0.4, 0.5) is 0 Å². The van der Waals surface area contributed by atoms with E-state index in [0.717, 1.165) is 0 Å². The largest absolute Gasteiger partial charge is 0.352 e.